The molecule has 1 atom stereocenters. The van der Waals surface area contributed by atoms with Crippen LogP contribution in [0.2, 0.25) is 0 Å². The van der Waals surface area contributed by atoms with E-state index < -0.39 is 0 Å². The number of hydrogen-bond donors (Lipinski definition) is 2. The number of rotatable bonds is 2. The second kappa shape index (κ2) is 4.35. The highest BCUT2D eigenvalue weighted by Crippen LogP contribution is 2.14. The number of anilines is 1. The molecule has 1 heterocycles. The Kier molecular flexibility index (Phi) is 2.90. The minimum absolute atomic E-state index is 0.0518. The molecule has 0 aromatic heterocycles. The number of aryl methyl sites for hydroxylation is 1. The van der Waals surface area contributed by atoms with Crippen LogP contribution in [0.3, 0.4) is 0 Å². The molecule has 0 aliphatic carbocycles. The number of carbonyl (C=O) groups is 2. The van der Waals surface area contributed by atoms with E-state index >= 15 is 0 Å². The fourth-order valence-corrected chi connectivity index (χ4v) is 1.67. The van der Waals surface area contributed by atoms with Crippen LogP contribution < -0.4 is 10.6 Å². The molecule has 16 heavy (non-hydrogen) atoms. The molecule has 4 nitrogen and oxygen atoms in total. The summed E-state index contributed by atoms with van der Waals surface area (Å²) in [6.07, 6.45) is 0.289. The Bertz CT molecular complexity index is 412. The summed E-state index contributed by atoms with van der Waals surface area (Å²) in [5, 5.41) is 5.45. The molecule has 1 aromatic rings. The van der Waals surface area contributed by atoms with Gasteiger partial charge in [-0.15, -0.1) is 0 Å². The summed E-state index contributed by atoms with van der Waals surface area (Å²) in [7, 11) is 0. The van der Waals surface area contributed by atoms with Crippen LogP contribution in [0, 0.1) is 12.8 Å². The molecule has 0 bridgehead atoms. The van der Waals surface area contributed by atoms with Gasteiger partial charge >= 0.3 is 0 Å². The fourth-order valence-electron chi connectivity index (χ4n) is 1.67. The topological polar surface area (TPSA) is 58.2 Å². The van der Waals surface area contributed by atoms with Gasteiger partial charge in [-0.3, -0.25) is 9.59 Å². The average Bonchev–Trinajstić information content (AvgIpc) is 2.68. The first-order valence-corrected chi connectivity index (χ1v) is 5.29. The van der Waals surface area contributed by atoms with Crippen molar-refractivity contribution in [2.24, 2.45) is 5.92 Å². The Morgan fingerprint density at radius 3 is 2.62 bits per heavy atom. The summed E-state index contributed by atoms with van der Waals surface area (Å²) in [4.78, 5) is 22.7. The molecule has 0 radical (unpaired) electrons. The molecule has 1 fully saturated rings. The first kappa shape index (κ1) is 10.7. The number of benzene rings is 1. The van der Waals surface area contributed by atoms with Gasteiger partial charge in [-0.2, -0.15) is 0 Å². The van der Waals surface area contributed by atoms with Crippen molar-refractivity contribution in [2.75, 3.05) is 11.9 Å². The van der Waals surface area contributed by atoms with Gasteiger partial charge in [-0.05, 0) is 19.1 Å². The predicted molar refractivity (Wildman–Crippen MR) is 60.9 cm³/mol. The van der Waals surface area contributed by atoms with Crippen LogP contribution in [0.25, 0.3) is 0 Å². The van der Waals surface area contributed by atoms with Crippen molar-refractivity contribution in [3.8, 4) is 0 Å². The average molecular weight is 218 g/mol. The predicted octanol–water partition coefficient (Wildman–Crippen LogP) is 1.07. The van der Waals surface area contributed by atoms with Crippen molar-refractivity contribution >= 4 is 17.5 Å². The van der Waals surface area contributed by atoms with Gasteiger partial charge in [0.25, 0.3) is 0 Å². The van der Waals surface area contributed by atoms with Crippen LogP contribution in [0.5, 0.6) is 0 Å². The summed E-state index contributed by atoms with van der Waals surface area (Å²) in [6.45, 7) is 2.43. The maximum Gasteiger partial charge on any atom is 0.229 e. The van der Waals surface area contributed by atoms with Crippen LogP contribution in [0.4, 0.5) is 5.69 Å². The number of hydrogen-bond acceptors (Lipinski definition) is 2. The highest BCUT2D eigenvalue weighted by Gasteiger charge is 2.27. The largest absolute Gasteiger partial charge is 0.355 e. The molecule has 4 heteroatoms. The second-order valence-corrected chi connectivity index (χ2v) is 4.06. The van der Waals surface area contributed by atoms with E-state index in [9.17, 15) is 9.59 Å². The Morgan fingerprint density at radius 2 is 2.06 bits per heavy atom. The first-order valence-electron chi connectivity index (χ1n) is 5.29. The highest BCUT2D eigenvalue weighted by molar-refractivity contribution is 5.97. The van der Waals surface area contributed by atoms with Crippen LogP contribution in [0.15, 0.2) is 24.3 Å². The summed E-state index contributed by atoms with van der Waals surface area (Å²) < 4.78 is 0. The van der Waals surface area contributed by atoms with Crippen LogP contribution in [-0.4, -0.2) is 18.4 Å². The van der Waals surface area contributed by atoms with Crippen molar-refractivity contribution < 1.29 is 9.59 Å². The summed E-state index contributed by atoms with van der Waals surface area (Å²) >= 11 is 0. The third-order valence-corrected chi connectivity index (χ3v) is 2.67. The van der Waals surface area contributed by atoms with Crippen molar-refractivity contribution in [3.63, 3.8) is 0 Å². The lowest BCUT2D eigenvalue weighted by Gasteiger charge is -2.09. The summed E-state index contributed by atoms with van der Waals surface area (Å²) in [6, 6.07) is 7.59. The van der Waals surface area contributed by atoms with Gasteiger partial charge in [-0.1, -0.05) is 17.7 Å². The van der Waals surface area contributed by atoms with Gasteiger partial charge in [0, 0.05) is 18.7 Å². The Balaban J connectivity index is 1.97. The molecule has 1 unspecified atom stereocenters. The molecule has 2 amide bonds. The number of amides is 2. The quantitative estimate of drug-likeness (QED) is 0.780. The van der Waals surface area contributed by atoms with Crippen molar-refractivity contribution in [1.82, 2.24) is 5.32 Å². The molecule has 1 aliphatic rings. The summed E-state index contributed by atoms with van der Waals surface area (Å²) in [5.74, 6) is -0.389. The zero-order valence-corrected chi connectivity index (χ0v) is 9.12. The third kappa shape index (κ3) is 2.39. The first-order chi connectivity index (χ1) is 7.65. The van der Waals surface area contributed by atoms with E-state index in [1.165, 1.54) is 0 Å². The lowest BCUT2D eigenvalue weighted by atomic mass is 10.1. The van der Waals surface area contributed by atoms with Crippen LogP contribution >= 0.6 is 0 Å². The zero-order valence-electron chi connectivity index (χ0n) is 9.12. The lowest BCUT2D eigenvalue weighted by Crippen LogP contribution is -2.24. The maximum atomic E-state index is 11.7. The van der Waals surface area contributed by atoms with Gasteiger partial charge < -0.3 is 10.6 Å². The third-order valence-electron chi connectivity index (χ3n) is 2.67. The van der Waals surface area contributed by atoms with Gasteiger partial charge in [0.05, 0.1) is 5.92 Å². The smallest absolute Gasteiger partial charge is 0.229 e. The molecule has 1 saturated heterocycles. The lowest BCUT2D eigenvalue weighted by molar-refractivity contribution is -0.123. The second-order valence-electron chi connectivity index (χ2n) is 4.06. The maximum absolute atomic E-state index is 11.7. The van der Waals surface area contributed by atoms with E-state index in [4.69, 9.17) is 0 Å². The van der Waals surface area contributed by atoms with Gasteiger partial charge in [-0.25, -0.2) is 0 Å². The van der Waals surface area contributed by atoms with E-state index in [1.807, 2.05) is 31.2 Å². The molecule has 1 aliphatic heterocycles. The van der Waals surface area contributed by atoms with Gasteiger partial charge in [0.15, 0.2) is 0 Å². The minimum Gasteiger partial charge on any atom is -0.355 e. The monoisotopic (exact) mass is 218 g/mol. The SMILES string of the molecule is Cc1ccc(NC(=O)C2CNC(=O)C2)cc1. The Labute approximate surface area is 94.0 Å². The van der Waals surface area contributed by atoms with E-state index in [-0.39, 0.29) is 24.2 Å². The molecule has 2 N–H and O–H groups in total. The van der Waals surface area contributed by atoms with Crippen LogP contribution in [-0.2, 0) is 9.59 Å². The van der Waals surface area contributed by atoms with Gasteiger partial charge in [0.1, 0.15) is 0 Å². The highest BCUT2D eigenvalue weighted by atomic mass is 16.2. The minimum atomic E-state index is -0.242. The van der Waals surface area contributed by atoms with Crippen molar-refractivity contribution in [3.05, 3.63) is 29.8 Å². The Hall–Kier alpha value is -1.84. The van der Waals surface area contributed by atoms with Gasteiger partial charge in [0.2, 0.25) is 11.8 Å². The molecule has 1 aromatic carbocycles. The van der Waals surface area contributed by atoms with E-state index in [2.05, 4.69) is 10.6 Å². The molecule has 0 spiro atoms. The van der Waals surface area contributed by atoms with E-state index in [0.717, 1.165) is 11.3 Å². The van der Waals surface area contributed by atoms with E-state index in [0.29, 0.717) is 6.54 Å². The number of carbonyl (C=O) groups excluding carboxylic acids is 2. The number of nitrogens with one attached hydrogen (secondary N) is 2. The molecule has 0 saturated carbocycles. The van der Waals surface area contributed by atoms with Crippen molar-refractivity contribution in [2.45, 2.75) is 13.3 Å². The zero-order chi connectivity index (χ0) is 11.5. The van der Waals surface area contributed by atoms with Crippen molar-refractivity contribution in [1.29, 1.82) is 0 Å². The molecular formula is C12H14N2O2. The van der Waals surface area contributed by atoms with E-state index in [1.54, 1.807) is 0 Å². The Morgan fingerprint density at radius 1 is 1.38 bits per heavy atom. The molecular weight excluding hydrogens is 204 g/mol. The van der Waals surface area contributed by atoms with Crippen LogP contribution in [0.1, 0.15) is 12.0 Å². The molecule has 84 valence electrons. The standard InChI is InChI=1S/C12H14N2O2/c1-8-2-4-10(5-3-8)14-12(16)9-6-11(15)13-7-9/h2-5,9H,6-7H2,1H3,(H,13,15)(H,14,16). The fraction of sp³-hybridized carbons (Fsp3) is 0.333. The molecule has 2 rings (SSSR count). The summed E-state index contributed by atoms with van der Waals surface area (Å²) in [5.41, 5.74) is 1.92. The normalized spacial score (nSPS) is 19.3.